The lowest BCUT2D eigenvalue weighted by molar-refractivity contribution is -0.141. The molecule has 0 radical (unpaired) electrons. The zero-order valence-electron chi connectivity index (χ0n) is 13.6. The van der Waals surface area contributed by atoms with E-state index in [2.05, 4.69) is 4.98 Å². The number of nitrogens with zero attached hydrogens (tertiary/aromatic N) is 2. The Labute approximate surface area is 148 Å². The Morgan fingerprint density at radius 3 is 2.60 bits per heavy atom. The quantitative estimate of drug-likeness (QED) is 0.849. The number of hydrogen-bond acceptors (Lipinski definition) is 4. The molecule has 1 amide bonds. The first-order chi connectivity index (χ1) is 12.0. The van der Waals surface area contributed by atoms with Crippen molar-refractivity contribution < 1.29 is 19.1 Å². The number of pyridine rings is 1. The third-order valence-electron chi connectivity index (χ3n) is 4.42. The fraction of sp³-hybridized carbons (Fsp3) is 0.278. The van der Waals surface area contributed by atoms with Crippen molar-refractivity contribution in [3.63, 3.8) is 0 Å². The van der Waals surface area contributed by atoms with Gasteiger partial charge < -0.3 is 10.0 Å². The number of carbonyl (C=O) groups excluding carboxylic acids is 1. The van der Waals surface area contributed by atoms with E-state index in [1.807, 2.05) is 6.26 Å². The average Bonchev–Trinajstić information content (AvgIpc) is 3.07. The summed E-state index contributed by atoms with van der Waals surface area (Å²) >= 11 is 1.37. The molecule has 25 heavy (non-hydrogen) atoms. The highest BCUT2D eigenvalue weighted by Crippen LogP contribution is 2.34. The van der Waals surface area contributed by atoms with Gasteiger partial charge in [-0.05, 0) is 36.1 Å². The van der Waals surface area contributed by atoms with Crippen molar-refractivity contribution in [2.75, 3.05) is 19.3 Å². The van der Waals surface area contributed by atoms with E-state index in [-0.39, 0.29) is 30.7 Å². The molecule has 1 aliphatic heterocycles. The Hall–Kier alpha value is -2.41. The Bertz CT molecular complexity index is 797. The molecule has 5 nitrogen and oxygen atoms in total. The maximum absolute atomic E-state index is 13.1. The summed E-state index contributed by atoms with van der Waals surface area (Å²) in [6.07, 6.45) is 3.46. The molecular weight excluding hydrogens is 343 g/mol. The van der Waals surface area contributed by atoms with Crippen molar-refractivity contribution in [3.05, 3.63) is 59.5 Å². The molecule has 1 aliphatic rings. The second kappa shape index (κ2) is 7.23. The van der Waals surface area contributed by atoms with Crippen LogP contribution < -0.4 is 0 Å². The smallest absolute Gasteiger partial charge is 0.308 e. The van der Waals surface area contributed by atoms with Crippen LogP contribution in [0.25, 0.3) is 0 Å². The maximum Gasteiger partial charge on any atom is 0.308 e. The molecule has 0 saturated carbocycles. The van der Waals surface area contributed by atoms with Crippen LogP contribution in [-0.4, -0.2) is 46.2 Å². The Balaban J connectivity index is 1.88. The lowest BCUT2D eigenvalue weighted by Crippen LogP contribution is -2.30. The summed E-state index contributed by atoms with van der Waals surface area (Å²) in [5, 5.41) is 10.2. The molecule has 0 spiro atoms. The largest absolute Gasteiger partial charge is 0.481 e. The first-order valence-corrected chi connectivity index (χ1v) is 9.00. The molecule has 130 valence electrons. The summed E-state index contributed by atoms with van der Waals surface area (Å²) in [5.74, 6) is -2.64. The highest BCUT2D eigenvalue weighted by molar-refractivity contribution is 7.98. The van der Waals surface area contributed by atoms with E-state index in [1.54, 1.807) is 35.4 Å². The number of carbonyl (C=O) groups is 2. The maximum atomic E-state index is 13.1. The summed E-state index contributed by atoms with van der Waals surface area (Å²) in [4.78, 5) is 30.2. The molecule has 1 N–H and O–H groups in total. The van der Waals surface area contributed by atoms with Crippen LogP contribution in [0.4, 0.5) is 4.39 Å². The number of aromatic nitrogens is 1. The van der Waals surface area contributed by atoms with E-state index in [0.717, 1.165) is 5.56 Å². The number of carboxylic acids is 1. The van der Waals surface area contributed by atoms with Gasteiger partial charge in [0.15, 0.2) is 0 Å². The Kier molecular flexibility index (Phi) is 5.03. The second-order valence-electron chi connectivity index (χ2n) is 5.87. The molecule has 1 saturated heterocycles. The normalized spacial score (nSPS) is 19.8. The van der Waals surface area contributed by atoms with Gasteiger partial charge in [-0.25, -0.2) is 9.37 Å². The van der Waals surface area contributed by atoms with E-state index in [0.29, 0.717) is 10.6 Å². The van der Waals surface area contributed by atoms with E-state index in [4.69, 9.17) is 0 Å². The molecule has 2 atom stereocenters. The van der Waals surface area contributed by atoms with Gasteiger partial charge in [-0.15, -0.1) is 11.8 Å². The molecular formula is C18H17FN2O3S. The molecule has 1 aromatic carbocycles. The van der Waals surface area contributed by atoms with Crippen molar-refractivity contribution in [3.8, 4) is 0 Å². The molecule has 7 heteroatoms. The zero-order chi connectivity index (χ0) is 18.0. The first kappa shape index (κ1) is 17.4. The van der Waals surface area contributed by atoms with Crippen LogP contribution in [-0.2, 0) is 4.79 Å². The third kappa shape index (κ3) is 3.51. The lowest BCUT2D eigenvalue weighted by Gasteiger charge is -2.17. The van der Waals surface area contributed by atoms with Crippen LogP contribution in [0.2, 0.25) is 0 Å². The standard InChI is InChI=1S/C18H17FN2O3S/c1-25-16-13(3-2-8-20-16)17(22)21-9-14(15(10-21)18(23)24)11-4-6-12(19)7-5-11/h2-8,14-15H,9-10H2,1H3,(H,23,24). The third-order valence-corrected chi connectivity index (χ3v) is 5.13. The summed E-state index contributed by atoms with van der Waals surface area (Å²) in [6, 6.07) is 9.18. The van der Waals surface area contributed by atoms with Crippen LogP contribution in [0.15, 0.2) is 47.6 Å². The predicted molar refractivity (Wildman–Crippen MR) is 92.2 cm³/mol. The van der Waals surface area contributed by atoms with Gasteiger partial charge in [0.2, 0.25) is 0 Å². The first-order valence-electron chi connectivity index (χ1n) is 7.77. The van der Waals surface area contributed by atoms with Gasteiger partial charge in [-0.3, -0.25) is 9.59 Å². The SMILES string of the molecule is CSc1ncccc1C(=O)N1CC(C(=O)O)C(c2ccc(F)cc2)C1. The number of halogens is 1. The highest BCUT2D eigenvalue weighted by Gasteiger charge is 2.41. The minimum Gasteiger partial charge on any atom is -0.481 e. The minimum absolute atomic E-state index is 0.124. The van der Waals surface area contributed by atoms with Gasteiger partial charge in [-0.1, -0.05) is 12.1 Å². The van der Waals surface area contributed by atoms with Crippen molar-refractivity contribution in [2.24, 2.45) is 5.92 Å². The topological polar surface area (TPSA) is 70.5 Å². The van der Waals surface area contributed by atoms with Gasteiger partial charge >= 0.3 is 5.97 Å². The van der Waals surface area contributed by atoms with Crippen LogP contribution in [0, 0.1) is 11.7 Å². The average molecular weight is 360 g/mol. The van der Waals surface area contributed by atoms with Crippen molar-refractivity contribution in [1.29, 1.82) is 0 Å². The number of carboxylic acid groups (broad SMARTS) is 1. The van der Waals surface area contributed by atoms with Gasteiger partial charge in [0, 0.05) is 25.2 Å². The predicted octanol–water partition coefficient (Wildman–Crippen LogP) is 2.88. The Morgan fingerprint density at radius 2 is 1.96 bits per heavy atom. The van der Waals surface area contributed by atoms with E-state index < -0.39 is 11.9 Å². The van der Waals surface area contributed by atoms with Gasteiger partial charge in [0.05, 0.1) is 11.5 Å². The zero-order valence-corrected chi connectivity index (χ0v) is 14.4. The molecule has 1 aromatic heterocycles. The van der Waals surface area contributed by atoms with Crippen molar-refractivity contribution >= 4 is 23.6 Å². The summed E-state index contributed by atoms with van der Waals surface area (Å²) < 4.78 is 13.1. The summed E-state index contributed by atoms with van der Waals surface area (Å²) in [5.41, 5.74) is 1.19. The van der Waals surface area contributed by atoms with E-state index in [9.17, 15) is 19.1 Å². The molecule has 2 unspecified atom stereocenters. The number of aliphatic carboxylic acids is 1. The number of amides is 1. The lowest BCUT2D eigenvalue weighted by atomic mass is 9.89. The van der Waals surface area contributed by atoms with Crippen LogP contribution in [0.3, 0.4) is 0 Å². The summed E-state index contributed by atoms with van der Waals surface area (Å²) in [7, 11) is 0. The van der Waals surface area contributed by atoms with Crippen LogP contribution in [0.5, 0.6) is 0 Å². The Morgan fingerprint density at radius 1 is 1.24 bits per heavy atom. The monoisotopic (exact) mass is 360 g/mol. The summed E-state index contributed by atoms with van der Waals surface area (Å²) in [6.45, 7) is 0.406. The van der Waals surface area contributed by atoms with Gasteiger partial charge in [0.1, 0.15) is 10.8 Å². The van der Waals surface area contributed by atoms with Crippen molar-refractivity contribution in [1.82, 2.24) is 9.88 Å². The van der Waals surface area contributed by atoms with Crippen LogP contribution >= 0.6 is 11.8 Å². The molecule has 2 heterocycles. The van der Waals surface area contributed by atoms with Crippen molar-refractivity contribution in [2.45, 2.75) is 10.9 Å². The molecule has 3 rings (SSSR count). The molecule has 0 bridgehead atoms. The molecule has 2 aromatic rings. The number of benzene rings is 1. The second-order valence-corrected chi connectivity index (χ2v) is 6.67. The molecule has 1 fully saturated rings. The number of rotatable bonds is 4. The fourth-order valence-corrected chi connectivity index (χ4v) is 3.70. The van der Waals surface area contributed by atoms with E-state index in [1.165, 1.54) is 23.9 Å². The molecule has 0 aliphatic carbocycles. The van der Waals surface area contributed by atoms with Crippen LogP contribution in [0.1, 0.15) is 21.8 Å². The highest BCUT2D eigenvalue weighted by atomic mass is 32.2. The number of hydrogen-bond donors (Lipinski definition) is 1. The van der Waals surface area contributed by atoms with Gasteiger partial charge in [0.25, 0.3) is 5.91 Å². The minimum atomic E-state index is -0.957. The van der Waals surface area contributed by atoms with Gasteiger partial charge in [-0.2, -0.15) is 0 Å². The number of thioether (sulfide) groups is 1. The fourth-order valence-electron chi connectivity index (χ4n) is 3.15. The number of likely N-dealkylation sites (tertiary alicyclic amines) is 1. The van der Waals surface area contributed by atoms with E-state index >= 15 is 0 Å².